The highest BCUT2D eigenvalue weighted by molar-refractivity contribution is 5.33. The molecule has 0 saturated heterocycles. The third-order valence-corrected chi connectivity index (χ3v) is 2.41. The molecule has 0 bridgehead atoms. The average Bonchev–Trinajstić information content (AvgIpc) is 2.64. The molecule has 0 aromatic heterocycles. The van der Waals surface area contributed by atoms with E-state index in [9.17, 15) is 8.78 Å². The van der Waals surface area contributed by atoms with Crippen molar-refractivity contribution in [3.05, 3.63) is 34.9 Å². The fourth-order valence-corrected chi connectivity index (χ4v) is 1.66. The molecule has 0 saturated carbocycles. The lowest BCUT2D eigenvalue weighted by Gasteiger charge is -2.05. The van der Waals surface area contributed by atoms with E-state index >= 15 is 0 Å². The van der Waals surface area contributed by atoms with Crippen LogP contribution in [0.15, 0.2) is 18.2 Å². The van der Waals surface area contributed by atoms with E-state index in [1.54, 1.807) is 0 Å². The van der Waals surface area contributed by atoms with Gasteiger partial charge in [0.2, 0.25) is 0 Å². The third-order valence-electron chi connectivity index (χ3n) is 2.41. The van der Waals surface area contributed by atoms with E-state index in [0.717, 1.165) is 5.56 Å². The smallest absolute Gasteiger partial charge is 0.250 e. The molecule has 82 valence electrons. The lowest BCUT2D eigenvalue weighted by atomic mass is 10.1. The van der Waals surface area contributed by atoms with Crippen LogP contribution in [0.4, 0.5) is 8.78 Å². The van der Waals surface area contributed by atoms with Crippen molar-refractivity contribution in [3.63, 3.8) is 0 Å². The van der Waals surface area contributed by atoms with E-state index < -0.39 is 6.43 Å². The molecule has 0 unspecified atom stereocenters. The Morgan fingerprint density at radius 2 is 2.07 bits per heavy atom. The zero-order valence-electron chi connectivity index (χ0n) is 8.30. The minimum Gasteiger partial charge on any atom is -0.372 e. The number of benzene rings is 1. The van der Waals surface area contributed by atoms with E-state index in [1.807, 2.05) is 18.2 Å². The molecule has 2 nitrogen and oxygen atoms in total. The van der Waals surface area contributed by atoms with Crippen LogP contribution in [-0.2, 0) is 24.5 Å². The number of rotatable bonds is 4. The van der Waals surface area contributed by atoms with Gasteiger partial charge in [-0.25, -0.2) is 8.78 Å². The molecule has 1 heterocycles. The molecule has 0 spiro atoms. The Kier molecular flexibility index (Phi) is 3.28. The lowest BCUT2D eigenvalue weighted by Crippen LogP contribution is -2.20. The minimum absolute atomic E-state index is 0.256. The van der Waals surface area contributed by atoms with Gasteiger partial charge in [-0.2, -0.15) is 0 Å². The normalized spacial score (nSPS) is 14.6. The van der Waals surface area contributed by atoms with Gasteiger partial charge in [-0.15, -0.1) is 0 Å². The van der Waals surface area contributed by atoms with Gasteiger partial charge in [0.05, 0.1) is 19.8 Å². The molecule has 4 heteroatoms. The molecule has 1 aromatic rings. The molecule has 0 atom stereocenters. The van der Waals surface area contributed by atoms with Crippen molar-refractivity contribution in [3.8, 4) is 0 Å². The topological polar surface area (TPSA) is 21.3 Å². The maximum absolute atomic E-state index is 11.9. The van der Waals surface area contributed by atoms with Crippen LogP contribution in [0, 0.1) is 0 Å². The quantitative estimate of drug-likeness (QED) is 0.826. The van der Waals surface area contributed by atoms with Gasteiger partial charge in [0.25, 0.3) is 6.43 Å². The summed E-state index contributed by atoms with van der Waals surface area (Å²) in [5.41, 5.74) is 3.40. The molecule has 1 aliphatic rings. The van der Waals surface area contributed by atoms with Crippen molar-refractivity contribution >= 4 is 0 Å². The van der Waals surface area contributed by atoms with Gasteiger partial charge in [0, 0.05) is 6.54 Å². The summed E-state index contributed by atoms with van der Waals surface area (Å²) < 4.78 is 29.0. The van der Waals surface area contributed by atoms with Crippen molar-refractivity contribution in [1.82, 2.24) is 5.32 Å². The molecular weight excluding hydrogens is 200 g/mol. The number of halogens is 2. The SMILES string of the molecule is FC(F)CNCc1ccc2c(c1)COC2. The number of alkyl halides is 2. The number of fused-ring (bicyclic) bond motifs is 1. The number of ether oxygens (including phenoxy) is 1. The van der Waals surface area contributed by atoms with Gasteiger partial charge in [-0.1, -0.05) is 18.2 Å². The second-order valence-electron chi connectivity index (χ2n) is 3.62. The Balaban J connectivity index is 1.92. The van der Waals surface area contributed by atoms with Crippen molar-refractivity contribution < 1.29 is 13.5 Å². The summed E-state index contributed by atoms with van der Waals surface area (Å²) in [6.07, 6.45) is -2.29. The van der Waals surface area contributed by atoms with Crippen LogP contribution < -0.4 is 5.32 Å². The minimum atomic E-state index is -2.29. The summed E-state index contributed by atoms with van der Waals surface area (Å²) >= 11 is 0. The van der Waals surface area contributed by atoms with Crippen LogP contribution in [0.3, 0.4) is 0 Å². The van der Waals surface area contributed by atoms with Gasteiger partial charge in [0.1, 0.15) is 0 Å². The first kappa shape index (κ1) is 10.5. The van der Waals surface area contributed by atoms with E-state index in [1.165, 1.54) is 11.1 Å². The average molecular weight is 213 g/mol. The van der Waals surface area contributed by atoms with Crippen LogP contribution in [0.1, 0.15) is 16.7 Å². The fourth-order valence-electron chi connectivity index (χ4n) is 1.66. The van der Waals surface area contributed by atoms with E-state index in [-0.39, 0.29) is 6.54 Å². The molecule has 0 radical (unpaired) electrons. The zero-order valence-corrected chi connectivity index (χ0v) is 8.30. The maximum Gasteiger partial charge on any atom is 0.250 e. The van der Waals surface area contributed by atoms with Gasteiger partial charge in [-0.3, -0.25) is 0 Å². The predicted octanol–water partition coefficient (Wildman–Crippen LogP) is 2.07. The highest BCUT2D eigenvalue weighted by Gasteiger charge is 2.11. The Labute approximate surface area is 87.2 Å². The summed E-state index contributed by atoms with van der Waals surface area (Å²) in [6.45, 7) is 1.53. The zero-order chi connectivity index (χ0) is 10.7. The Morgan fingerprint density at radius 3 is 2.87 bits per heavy atom. The largest absolute Gasteiger partial charge is 0.372 e. The second kappa shape index (κ2) is 4.68. The number of hydrogen-bond donors (Lipinski definition) is 1. The highest BCUT2D eigenvalue weighted by atomic mass is 19.3. The second-order valence-corrected chi connectivity index (χ2v) is 3.62. The molecule has 1 aromatic carbocycles. The molecule has 2 rings (SSSR count). The first-order valence-corrected chi connectivity index (χ1v) is 4.93. The first-order valence-electron chi connectivity index (χ1n) is 4.93. The van der Waals surface area contributed by atoms with Crippen LogP contribution in [0.25, 0.3) is 0 Å². The Hall–Kier alpha value is -1.00. The highest BCUT2D eigenvalue weighted by Crippen LogP contribution is 2.20. The van der Waals surface area contributed by atoms with Crippen LogP contribution in [0.2, 0.25) is 0 Å². The molecule has 1 aliphatic heterocycles. The number of nitrogens with one attached hydrogen (secondary N) is 1. The summed E-state index contributed by atoms with van der Waals surface area (Å²) in [5, 5.41) is 2.70. The molecule has 0 aliphatic carbocycles. The molecule has 15 heavy (non-hydrogen) atoms. The summed E-state index contributed by atoms with van der Waals surface area (Å²) in [6, 6.07) is 5.97. The molecule has 0 fully saturated rings. The fraction of sp³-hybridized carbons (Fsp3) is 0.455. The van der Waals surface area contributed by atoms with Crippen LogP contribution in [-0.4, -0.2) is 13.0 Å². The van der Waals surface area contributed by atoms with Crippen LogP contribution >= 0.6 is 0 Å². The van der Waals surface area contributed by atoms with E-state index in [0.29, 0.717) is 19.8 Å². The first-order chi connectivity index (χ1) is 7.25. The van der Waals surface area contributed by atoms with Gasteiger partial charge < -0.3 is 10.1 Å². The van der Waals surface area contributed by atoms with Crippen molar-refractivity contribution in [2.75, 3.05) is 6.54 Å². The summed E-state index contributed by atoms with van der Waals surface area (Å²) in [5.74, 6) is 0. The van der Waals surface area contributed by atoms with Crippen molar-refractivity contribution in [2.24, 2.45) is 0 Å². The Bertz CT molecular complexity index is 341. The summed E-state index contributed by atoms with van der Waals surface area (Å²) in [4.78, 5) is 0. The third kappa shape index (κ3) is 2.73. The number of hydrogen-bond acceptors (Lipinski definition) is 2. The lowest BCUT2D eigenvalue weighted by molar-refractivity contribution is 0.134. The standard InChI is InChI=1S/C11H13F2NO/c12-11(13)5-14-4-8-1-2-9-6-15-7-10(9)3-8/h1-3,11,14H,4-7H2. The predicted molar refractivity (Wildman–Crippen MR) is 52.6 cm³/mol. The van der Waals surface area contributed by atoms with E-state index in [4.69, 9.17) is 4.74 Å². The Morgan fingerprint density at radius 1 is 1.27 bits per heavy atom. The van der Waals surface area contributed by atoms with Crippen LogP contribution in [0.5, 0.6) is 0 Å². The van der Waals surface area contributed by atoms with E-state index in [2.05, 4.69) is 5.32 Å². The molecule has 0 amide bonds. The summed E-state index contributed by atoms with van der Waals surface area (Å²) in [7, 11) is 0. The van der Waals surface area contributed by atoms with Gasteiger partial charge >= 0.3 is 0 Å². The molecule has 1 N–H and O–H groups in total. The van der Waals surface area contributed by atoms with Gasteiger partial charge in [-0.05, 0) is 16.7 Å². The van der Waals surface area contributed by atoms with Crippen molar-refractivity contribution in [1.29, 1.82) is 0 Å². The van der Waals surface area contributed by atoms with Gasteiger partial charge in [0.15, 0.2) is 0 Å². The maximum atomic E-state index is 11.9. The van der Waals surface area contributed by atoms with Crippen molar-refractivity contribution in [2.45, 2.75) is 26.2 Å². The monoisotopic (exact) mass is 213 g/mol. The molecular formula is C11H13F2NO.